The highest BCUT2D eigenvalue weighted by Gasteiger charge is 2.23. The molecule has 238 valence electrons. The van der Waals surface area contributed by atoms with Crippen molar-refractivity contribution >= 4 is 40.9 Å². The van der Waals surface area contributed by atoms with Gasteiger partial charge < -0.3 is 30.7 Å². The number of benzene rings is 4. The van der Waals surface area contributed by atoms with Crippen LogP contribution in [0.5, 0.6) is 11.5 Å². The summed E-state index contributed by atoms with van der Waals surface area (Å²) >= 11 is 0. The molecule has 0 aliphatic rings. The van der Waals surface area contributed by atoms with Gasteiger partial charge >= 0.3 is 12.0 Å². The SMILES string of the molecule is COC(=O)c1ccc(NC(=O)[C@H](CC(C)C)NC(=O)Cc2ccc(NC(=O)Nc3ccccc3C)cc2)cc1Oc1ccccc1. The molecule has 0 aliphatic carbocycles. The van der Waals surface area contributed by atoms with Crippen LogP contribution >= 0.6 is 0 Å². The van der Waals surface area contributed by atoms with E-state index in [1.807, 2.05) is 51.1 Å². The van der Waals surface area contributed by atoms with Crippen molar-refractivity contribution in [1.29, 1.82) is 0 Å². The summed E-state index contributed by atoms with van der Waals surface area (Å²) in [5, 5.41) is 11.3. The smallest absolute Gasteiger partial charge is 0.341 e. The highest BCUT2D eigenvalue weighted by Crippen LogP contribution is 2.29. The van der Waals surface area contributed by atoms with Crippen molar-refractivity contribution in [2.24, 2.45) is 5.92 Å². The number of hydrogen-bond donors (Lipinski definition) is 4. The molecule has 4 rings (SSSR count). The monoisotopic (exact) mass is 622 g/mol. The molecule has 4 N–H and O–H groups in total. The first kappa shape index (κ1) is 33.3. The summed E-state index contributed by atoms with van der Waals surface area (Å²) in [5.41, 5.74) is 3.54. The molecule has 4 aromatic carbocycles. The largest absolute Gasteiger partial charge is 0.465 e. The van der Waals surface area contributed by atoms with Gasteiger partial charge in [0.1, 0.15) is 23.1 Å². The number of esters is 1. The molecule has 4 amide bonds. The molecule has 0 aliphatic heterocycles. The van der Waals surface area contributed by atoms with Crippen LogP contribution < -0.4 is 26.0 Å². The summed E-state index contributed by atoms with van der Waals surface area (Å²) < 4.78 is 10.8. The van der Waals surface area contributed by atoms with Gasteiger partial charge in [-0.3, -0.25) is 9.59 Å². The number of amides is 4. The normalized spacial score (nSPS) is 11.2. The molecule has 0 unspecified atom stereocenters. The van der Waals surface area contributed by atoms with Gasteiger partial charge in [-0.05, 0) is 72.9 Å². The Bertz CT molecular complexity index is 1670. The Hall–Kier alpha value is -5.64. The summed E-state index contributed by atoms with van der Waals surface area (Å²) in [6, 6.07) is 26.8. The second-order valence-corrected chi connectivity index (χ2v) is 11.1. The van der Waals surface area contributed by atoms with Crippen molar-refractivity contribution < 1.29 is 28.7 Å². The third-order valence-electron chi connectivity index (χ3n) is 6.95. The van der Waals surface area contributed by atoms with Crippen LogP contribution in [-0.4, -0.2) is 37.0 Å². The van der Waals surface area contributed by atoms with Crippen molar-refractivity contribution in [1.82, 2.24) is 5.32 Å². The van der Waals surface area contributed by atoms with Gasteiger partial charge in [-0.1, -0.05) is 62.4 Å². The van der Waals surface area contributed by atoms with Gasteiger partial charge in [0.15, 0.2) is 0 Å². The van der Waals surface area contributed by atoms with Gasteiger partial charge in [-0.2, -0.15) is 0 Å². The minimum absolute atomic E-state index is 0.0421. The van der Waals surface area contributed by atoms with E-state index < -0.39 is 17.9 Å². The second-order valence-electron chi connectivity index (χ2n) is 11.1. The van der Waals surface area contributed by atoms with Crippen LogP contribution in [0.2, 0.25) is 0 Å². The summed E-state index contributed by atoms with van der Waals surface area (Å²) in [4.78, 5) is 51.2. The van der Waals surface area contributed by atoms with Crippen LogP contribution in [0, 0.1) is 12.8 Å². The molecule has 0 heterocycles. The maximum atomic E-state index is 13.4. The molecule has 0 aromatic heterocycles. The summed E-state index contributed by atoms with van der Waals surface area (Å²) in [6.07, 6.45) is 0.449. The molecule has 0 saturated heterocycles. The van der Waals surface area contributed by atoms with E-state index in [4.69, 9.17) is 9.47 Å². The Balaban J connectivity index is 1.38. The van der Waals surface area contributed by atoms with Crippen LogP contribution in [0.3, 0.4) is 0 Å². The Labute approximate surface area is 268 Å². The van der Waals surface area contributed by atoms with E-state index in [1.54, 1.807) is 60.7 Å². The standard InChI is InChI=1S/C36H38N4O6/c1-23(2)20-31(34(42)37-27-18-19-29(35(43)45-4)32(22-27)46-28-11-6-5-7-12-28)39-33(41)21-25-14-16-26(17-15-25)38-36(44)40-30-13-9-8-10-24(30)3/h5-19,22-23,31H,20-21H2,1-4H3,(H,37,42)(H,39,41)(H2,38,40,44)/t31-/m0/s1. The lowest BCUT2D eigenvalue weighted by Crippen LogP contribution is -2.45. The van der Waals surface area contributed by atoms with E-state index in [0.29, 0.717) is 34.8 Å². The lowest BCUT2D eigenvalue weighted by Gasteiger charge is -2.21. The second kappa shape index (κ2) is 15.9. The Morgan fingerprint density at radius 3 is 2.11 bits per heavy atom. The predicted octanol–water partition coefficient (Wildman–Crippen LogP) is 6.93. The first-order chi connectivity index (χ1) is 22.1. The van der Waals surface area contributed by atoms with Crippen LogP contribution in [0.1, 0.15) is 41.8 Å². The number of carbonyl (C=O) groups is 4. The van der Waals surface area contributed by atoms with Crippen molar-refractivity contribution in [3.63, 3.8) is 0 Å². The predicted molar refractivity (Wildman–Crippen MR) is 178 cm³/mol. The molecular weight excluding hydrogens is 584 g/mol. The summed E-state index contributed by atoms with van der Waals surface area (Å²) in [7, 11) is 1.28. The number of urea groups is 1. The minimum Gasteiger partial charge on any atom is -0.465 e. The first-order valence-corrected chi connectivity index (χ1v) is 14.9. The van der Waals surface area contributed by atoms with E-state index in [-0.39, 0.29) is 35.6 Å². The Morgan fingerprint density at radius 2 is 1.43 bits per heavy atom. The molecule has 0 bridgehead atoms. The van der Waals surface area contributed by atoms with Gasteiger partial charge in [-0.25, -0.2) is 9.59 Å². The molecule has 1 atom stereocenters. The number of methoxy groups -OCH3 is 1. The van der Waals surface area contributed by atoms with E-state index in [2.05, 4.69) is 21.3 Å². The fourth-order valence-electron chi connectivity index (χ4n) is 4.65. The number of aryl methyl sites for hydroxylation is 1. The van der Waals surface area contributed by atoms with Crippen molar-refractivity contribution in [3.05, 3.63) is 114 Å². The lowest BCUT2D eigenvalue weighted by molar-refractivity contribution is -0.126. The van der Waals surface area contributed by atoms with Gasteiger partial charge in [-0.15, -0.1) is 0 Å². The van der Waals surface area contributed by atoms with Crippen molar-refractivity contribution in [2.75, 3.05) is 23.1 Å². The van der Waals surface area contributed by atoms with E-state index in [1.165, 1.54) is 13.2 Å². The number of anilines is 3. The zero-order valence-corrected chi connectivity index (χ0v) is 26.3. The van der Waals surface area contributed by atoms with Crippen LogP contribution in [0.15, 0.2) is 97.1 Å². The van der Waals surface area contributed by atoms with Crippen LogP contribution in [-0.2, 0) is 20.7 Å². The maximum Gasteiger partial charge on any atom is 0.341 e. The highest BCUT2D eigenvalue weighted by atomic mass is 16.5. The van der Waals surface area contributed by atoms with Gasteiger partial charge in [0, 0.05) is 23.1 Å². The third-order valence-corrected chi connectivity index (χ3v) is 6.95. The molecule has 0 spiro atoms. The number of ether oxygens (including phenoxy) is 2. The van der Waals surface area contributed by atoms with Crippen LogP contribution in [0.25, 0.3) is 0 Å². The number of carbonyl (C=O) groups excluding carboxylic acids is 4. The van der Waals surface area contributed by atoms with Crippen LogP contribution in [0.4, 0.5) is 21.9 Å². The highest BCUT2D eigenvalue weighted by molar-refractivity contribution is 6.00. The van der Waals surface area contributed by atoms with E-state index >= 15 is 0 Å². The zero-order valence-electron chi connectivity index (χ0n) is 26.3. The minimum atomic E-state index is -0.808. The third kappa shape index (κ3) is 9.68. The Kier molecular flexibility index (Phi) is 11.5. The van der Waals surface area contributed by atoms with Gasteiger partial charge in [0.25, 0.3) is 0 Å². The first-order valence-electron chi connectivity index (χ1n) is 14.9. The van der Waals surface area contributed by atoms with Gasteiger partial charge in [0.2, 0.25) is 11.8 Å². The maximum absolute atomic E-state index is 13.4. The average molecular weight is 623 g/mol. The Morgan fingerprint density at radius 1 is 0.761 bits per heavy atom. The molecule has 4 aromatic rings. The number of rotatable bonds is 12. The number of nitrogens with one attached hydrogen (secondary N) is 4. The topological polar surface area (TPSA) is 135 Å². The molecule has 0 saturated carbocycles. The number of para-hydroxylation sites is 2. The zero-order chi connectivity index (χ0) is 33.1. The van der Waals surface area contributed by atoms with Crippen molar-refractivity contribution in [3.8, 4) is 11.5 Å². The molecule has 10 nitrogen and oxygen atoms in total. The summed E-state index contributed by atoms with van der Waals surface area (Å²) in [6.45, 7) is 5.83. The molecule has 46 heavy (non-hydrogen) atoms. The summed E-state index contributed by atoms with van der Waals surface area (Å²) in [5.74, 6) is -0.471. The molecule has 10 heteroatoms. The van der Waals surface area contributed by atoms with Crippen molar-refractivity contribution in [2.45, 2.75) is 39.7 Å². The van der Waals surface area contributed by atoms with Gasteiger partial charge in [0.05, 0.1) is 13.5 Å². The fraction of sp³-hybridized carbons (Fsp3) is 0.222. The fourth-order valence-corrected chi connectivity index (χ4v) is 4.65. The molecule has 0 radical (unpaired) electrons. The molecular formula is C36H38N4O6. The average Bonchev–Trinajstić information content (AvgIpc) is 3.03. The van der Waals surface area contributed by atoms with E-state index in [0.717, 1.165) is 5.56 Å². The lowest BCUT2D eigenvalue weighted by atomic mass is 10.0. The number of hydrogen-bond acceptors (Lipinski definition) is 6. The van der Waals surface area contributed by atoms with E-state index in [9.17, 15) is 19.2 Å². The quantitative estimate of drug-likeness (QED) is 0.127. The molecule has 0 fully saturated rings.